The molecule has 0 fully saturated rings. The Labute approximate surface area is 186 Å². The topological polar surface area (TPSA) is 91.2 Å². The molecule has 1 amide bonds. The van der Waals surface area contributed by atoms with Crippen molar-refractivity contribution in [3.05, 3.63) is 94.5 Å². The van der Waals surface area contributed by atoms with Crippen LogP contribution in [0, 0.1) is 0 Å². The molecule has 7 heteroatoms. The minimum absolute atomic E-state index is 0.198. The van der Waals surface area contributed by atoms with Crippen molar-refractivity contribution < 1.29 is 19.4 Å². The highest BCUT2D eigenvalue weighted by Gasteiger charge is 2.20. The van der Waals surface area contributed by atoms with Gasteiger partial charge in [0.05, 0.1) is 18.4 Å². The van der Waals surface area contributed by atoms with Crippen LogP contribution in [-0.4, -0.2) is 29.8 Å². The number of carbonyl (C=O) groups is 2. The summed E-state index contributed by atoms with van der Waals surface area (Å²) in [6.45, 7) is 4.11. The monoisotopic (exact) mass is 429 g/mol. The van der Waals surface area contributed by atoms with Crippen LogP contribution in [0.25, 0.3) is 0 Å². The summed E-state index contributed by atoms with van der Waals surface area (Å²) in [5.74, 6) is -0.435. The maximum Gasteiger partial charge on any atom is 0.335 e. The fraction of sp³-hybridized carbons (Fsp3) is 0.160. The molecule has 0 bridgehead atoms. The second-order valence-corrected chi connectivity index (χ2v) is 7.39. The number of rotatable bonds is 7. The third-order valence-corrected chi connectivity index (χ3v) is 5.24. The van der Waals surface area contributed by atoms with E-state index in [2.05, 4.69) is 15.4 Å². The molecule has 0 aliphatic carbocycles. The first-order valence-corrected chi connectivity index (χ1v) is 10.3. The van der Waals surface area contributed by atoms with Crippen LogP contribution in [0.3, 0.4) is 0 Å². The Balaban J connectivity index is 1.38. The lowest BCUT2D eigenvalue weighted by Crippen LogP contribution is -2.18. The molecule has 4 rings (SSSR count). The summed E-state index contributed by atoms with van der Waals surface area (Å²) < 4.78 is 5.50. The molecule has 0 saturated carbocycles. The first-order chi connectivity index (χ1) is 15.5. The number of amides is 1. The van der Waals surface area contributed by atoms with Crippen LogP contribution in [0.5, 0.6) is 5.75 Å². The second kappa shape index (κ2) is 9.34. The van der Waals surface area contributed by atoms with Crippen molar-refractivity contribution in [2.75, 3.05) is 11.5 Å². The lowest BCUT2D eigenvalue weighted by Gasteiger charge is -2.18. The van der Waals surface area contributed by atoms with Crippen molar-refractivity contribution in [3.8, 4) is 5.75 Å². The van der Waals surface area contributed by atoms with Gasteiger partial charge >= 0.3 is 5.97 Å². The molecule has 162 valence electrons. The lowest BCUT2D eigenvalue weighted by atomic mass is 10.1. The highest BCUT2D eigenvalue weighted by molar-refractivity contribution is 5.95. The van der Waals surface area contributed by atoms with Gasteiger partial charge in [0.2, 0.25) is 0 Å². The zero-order valence-electron chi connectivity index (χ0n) is 17.6. The Bertz CT molecular complexity index is 1150. The number of carboxylic acid groups (broad SMARTS) is 1. The first kappa shape index (κ1) is 21.1. The normalized spacial score (nSPS) is 12.6. The quantitative estimate of drug-likeness (QED) is 0.436. The Kier molecular flexibility index (Phi) is 6.17. The fourth-order valence-corrected chi connectivity index (χ4v) is 3.58. The van der Waals surface area contributed by atoms with Gasteiger partial charge < -0.3 is 14.7 Å². The minimum atomic E-state index is -0.987. The SMILES string of the molecule is CCOc1ccc(N2Cc3ccc(C(=O)N/N=C\c4ccc(C(=O)O)cc4)cc3C2)cc1. The summed E-state index contributed by atoms with van der Waals surface area (Å²) in [5.41, 5.74) is 7.36. The number of aromatic carboxylic acids is 1. The van der Waals surface area contributed by atoms with Gasteiger partial charge in [-0.1, -0.05) is 18.2 Å². The molecule has 7 nitrogen and oxygen atoms in total. The number of anilines is 1. The molecule has 0 unspecified atom stereocenters. The minimum Gasteiger partial charge on any atom is -0.494 e. The van der Waals surface area contributed by atoms with E-state index in [0.29, 0.717) is 17.7 Å². The van der Waals surface area contributed by atoms with Crippen molar-refractivity contribution in [2.45, 2.75) is 20.0 Å². The molecule has 1 aliphatic heterocycles. The van der Waals surface area contributed by atoms with Crippen LogP contribution >= 0.6 is 0 Å². The largest absolute Gasteiger partial charge is 0.494 e. The van der Waals surface area contributed by atoms with Gasteiger partial charge in [-0.3, -0.25) is 4.79 Å². The van der Waals surface area contributed by atoms with E-state index in [1.54, 1.807) is 18.2 Å². The number of carbonyl (C=O) groups excluding carboxylic acids is 1. The molecule has 0 radical (unpaired) electrons. The molecule has 32 heavy (non-hydrogen) atoms. The van der Waals surface area contributed by atoms with E-state index in [9.17, 15) is 9.59 Å². The van der Waals surface area contributed by atoms with Crippen LogP contribution in [0.2, 0.25) is 0 Å². The van der Waals surface area contributed by atoms with Crippen LogP contribution in [0.1, 0.15) is 44.3 Å². The maximum atomic E-state index is 12.5. The van der Waals surface area contributed by atoms with Crippen LogP contribution in [0.4, 0.5) is 5.69 Å². The highest BCUT2D eigenvalue weighted by Crippen LogP contribution is 2.30. The number of nitrogens with one attached hydrogen (secondary N) is 1. The number of ether oxygens (including phenoxy) is 1. The predicted molar refractivity (Wildman–Crippen MR) is 122 cm³/mol. The summed E-state index contributed by atoms with van der Waals surface area (Å²) in [7, 11) is 0. The van der Waals surface area contributed by atoms with E-state index >= 15 is 0 Å². The van der Waals surface area contributed by atoms with Crippen molar-refractivity contribution in [2.24, 2.45) is 5.10 Å². The summed E-state index contributed by atoms with van der Waals surface area (Å²) >= 11 is 0. The van der Waals surface area contributed by atoms with Gasteiger partial charge in [-0.05, 0) is 72.1 Å². The Hall–Kier alpha value is -4.13. The Morgan fingerprint density at radius 3 is 2.38 bits per heavy atom. The molecule has 1 aliphatic rings. The number of hydrogen-bond donors (Lipinski definition) is 2. The summed E-state index contributed by atoms with van der Waals surface area (Å²) in [6, 6.07) is 19.9. The van der Waals surface area contributed by atoms with E-state index in [1.807, 2.05) is 43.3 Å². The van der Waals surface area contributed by atoms with Crippen molar-refractivity contribution in [1.82, 2.24) is 5.43 Å². The summed E-state index contributed by atoms with van der Waals surface area (Å²) in [5, 5.41) is 12.9. The average Bonchev–Trinajstić information content (AvgIpc) is 3.23. The molecule has 0 aromatic heterocycles. The summed E-state index contributed by atoms with van der Waals surface area (Å²) in [4.78, 5) is 25.6. The molecular formula is C25H23N3O4. The van der Waals surface area contributed by atoms with Gasteiger partial charge in [0.1, 0.15) is 5.75 Å². The van der Waals surface area contributed by atoms with Gasteiger partial charge in [0, 0.05) is 24.3 Å². The van der Waals surface area contributed by atoms with E-state index in [-0.39, 0.29) is 11.5 Å². The average molecular weight is 429 g/mol. The second-order valence-electron chi connectivity index (χ2n) is 7.39. The number of nitrogens with zero attached hydrogens (tertiary/aromatic N) is 2. The number of hydrazone groups is 1. The molecular weight excluding hydrogens is 406 g/mol. The lowest BCUT2D eigenvalue weighted by molar-refractivity contribution is 0.0696. The number of carboxylic acids is 1. The third-order valence-electron chi connectivity index (χ3n) is 5.24. The zero-order chi connectivity index (χ0) is 22.5. The van der Waals surface area contributed by atoms with Crippen LogP contribution in [0.15, 0.2) is 71.8 Å². The van der Waals surface area contributed by atoms with Gasteiger partial charge in [0.25, 0.3) is 5.91 Å². The van der Waals surface area contributed by atoms with Gasteiger partial charge in [-0.2, -0.15) is 5.10 Å². The molecule has 1 heterocycles. The Morgan fingerprint density at radius 2 is 1.69 bits per heavy atom. The predicted octanol–water partition coefficient (Wildman–Crippen LogP) is 4.07. The van der Waals surface area contributed by atoms with Crippen LogP contribution < -0.4 is 15.1 Å². The van der Waals surface area contributed by atoms with Crippen LogP contribution in [-0.2, 0) is 13.1 Å². The van der Waals surface area contributed by atoms with E-state index in [1.165, 1.54) is 23.9 Å². The standard InChI is InChI=1S/C25H23N3O4/c1-2-32-23-11-9-22(10-12-23)28-15-20-8-7-19(13-21(20)16-28)24(29)27-26-14-17-3-5-18(6-4-17)25(30)31/h3-14H,2,15-16H2,1H3,(H,27,29)(H,30,31)/b26-14-. The number of hydrogen-bond acceptors (Lipinski definition) is 5. The molecule has 2 N–H and O–H groups in total. The van der Waals surface area contributed by atoms with Crippen molar-refractivity contribution in [1.29, 1.82) is 0 Å². The first-order valence-electron chi connectivity index (χ1n) is 10.3. The van der Waals surface area contributed by atoms with E-state index in [4.69, 9.17) is 9.84 Å². The fourth-order valence-electron chi connectivity index (χ4n) is 3.58. The molecule has 0 saturated heterocycles. The highest BCUT2D eigenvalue weighted by atomic mass is 16.5. The Morgan fingerprint density at radius 1 is 1.00 bits per heavy atom. The zero-order valence-corrected chi connectivity index (χ0v) is 17.6. The summed E-state index contributed by atoms with van der Waals surface area (Å²) in [6.07, 6.45) is 1.48. The van der Waals surface area contributed by atoms with Crippen molar-refractivity contribution in [3.63, 3.8) is 0 Å². The third kappa shape index (κ3) is 4.78. The number of benzene rings is 3. The molecule has 0 atom stereocenters. The van der Waals surface area contributed by atoms with E-state index < -0.39 is 5.97 Å². The smallest absolute Gasteiger partial charge is 0.335 e. The van der Waals surface area contributed by atoms with Crippen molar-refractivity contribution >= 4 is 23.8 Å². The van der Waals surface area contributed by atoms with E-state index in [0.717, 1.165) is 30.1 Å². The number of fused-ring (bicyclic) bond motifs is 1. The molecule has 0 spiro atoms. The molecule has 3 aromatic carbocycles. The van der Waals surface area contributed by atoms with Gasteiger partial charge in [-0.15, -0.1) is 0 Å². The molecule has 3 aromatic rings. The van der Waals surface area contributed by atoms with Gasteiger partial charge in [-0.25, -0.2) is 10.2 Å². The van der Waals surface area contributed by atoms with Gasteiger partial charge in [0.15, 0.2) is 0 Å². The maximum absolute atomic E-state index is 12.5.